The van der Waals surface area contributed by atoms with Crippen molar-refractivity contribution >= 4 is 15.9 Å². The van der Waals surface area contributed by atoms with Gasteiger partial charge in [-0.3, -0.25) is 0 Å². The van der Waals surface area contributed by atoms with Crippen molar-refractivity contribution < 1.29 is 4.39 Å². The highest BCUT2D eigenvalue weighted by Crippen LogP contribution is 2.38. The Bertz CT molecular complexity index is 588. The molecule has 1 aliphatic rings. The van der Waals surface area contributed by atoms with E-state index >= 15 is 0 Å². The van der Waals surface area contributed by atoms with Gasteiger partial charge in [-0.1, -0.05) is 40.2 Å². The van der Waals surface area contributed by atoms with Crippen LogP contribution in [0.15, 0.2) is 53.0 Å². The Morgan fingerprint density at radius 3 is 2.29 bits per heavy atom. The van der Waals surface area contributed by atoms with E-state index in [-0.39, 0.29) is 11.9 Å². The molecule has 0 heterocycles. The minimum absolute atomic E-state index is 0.176. The van der Waals surface area contributed by atoms with Crippen LogP contribution in [0.3, 0.4) is 0 Å². The molecule has 0 bridgehead atoms. The lowest BCUT2D eigenvalue weighted by Gasteiger charge is -2.38. The van der Waals surface area contributed by atoms with Gasteiger partial charge in [-0.25, -0.2) is 4.39 Å². The summed E-state index contributed by atoms with van der Waals surface area (Å²) in [5.74, 6) is 0.487. The van der Waals surface area contributed by atoms with E-state index in [4.69, 9.17) is 0 Å². The molecule has 3 heteroatoms. The first-order valence-electron chi connectivity index (χ1n) is 7.39. The second-order valence-electron chi connectivity index (χ2n) is 5.86. The van der Waals surface area contributed by atoms with Crippen molar-refractivity contribution in [2.45, 2.75) is 37.8 Å². The van der Waals surface area contributed by atoms with E-state index in [1.165, 1.54) is 30.5 Å². The van der Waals surface area contributed by atoms with Gasteiger partial charge >= 0.3 is 0 Å². The van der Waals surface area contributed by atoms with Crippen LogP contribution in [0.4, 0.5) is 4.39 Å². The Morgan fingerprint density at radius 2 is 1.67 bits per heavy atom. The summed E-state index contributed by atoms with van der Waals surface area (Å²) in [7, 11) is 0. The van der Waals surface area contributed by atoms with Gasteiger partial charge in [0.1, 0.15) is 5.82 Å². The first-order chi connectivity index (χ1) is 10.1. The summed E-state index contributed by atoms with van der Waals surface area (Å²) < 4.78 is 14.1. The van der Waals surface area contributed by atoms with Gasteiger partial charge in [0, 0.05) is 16.6 Å². The van der Waals surface area contributed by atoms with Crippen LogP contribution >= 0.6 is 15.9 Å². The average molecular weight is 348 g/mol. The highest BCUT2D eigenvalue weighted by molar-refractivity contribution is 9.10. The second kappa shape index (κ2) is 6.29. The molecular formula is C18H19BrFN. The predicted octanol–water partition coefficient (Wildman–Crippen LogP) is 5.19. The fourth-order valence-electron chi connectivity index (χ4n) is 2.96. The van der Waals surface area contributed by atoms with E-state index in [9.17, 15) is 4.39 Å². The molecule has 1 nitrogen and oxygen atoms in total. The summed E-state index contributed by atoms with van der Waals surface area (Å²) in [4.78, 5) is 0. The number of nitrogens with one attached hydrogen (secondary N) is 1. The van der Waals surface area contributed by atoms with Crippen LogP contribution in [0.1, 0.15) is 42.9 Å². The molecular weight excluding hydrogens is 329 g/mol. The van der Waals surface area contributed by atoms with Gasteiger partial charge in [0.15, 0.2) is 0 Å². The Balaban J connectivity index is 1.52. The molecule has 0 aliphatic heterocycles. The Hall–Kier alpha value is -1.19. The number of hydrogen-bond donors (Lipinski definition) is 1. The van der Waals surface area contributed by atoms with Crippen LogP contribution in [0.2, 0.25) is 0 Å². The zero-order valence-corrected chi connectivity index (χ0v) is 13.6. The molecule has 2 aromatic carbocycles. The summed E-state index contributed by atoms with van der Waals surface area (Å²) in [6, 6.07) is 16.2. The second-order valence-corrected chi connectivity index (χ2v) is 6.77. The van der Waals surface area contributed by atoms with E-state index in [2.05, 4.69) is 52.4 Å². The molecule has 1 aliphatic carbocycles. The lowest BCUT2D eigenvalue weighted by Crippen LogP contribution is -2.41. The number of rotatable bonds is 4. The van der Waals surface area contributed by atoms with Crippen LogP contribution in [0.25, 0.3) is 0 Å². The van der Waals surface area contributed by atoms with Gasteiger partial charge in [0.05, 0.1) is 0 Å². The smallest absolute Gasteiger partial charge is 0.123 e. The monoisotopic (exact) mass is 347 g/mol. The van der Waals surface area contributed by atoms with Crippen molar-refractivity contribution in [2.24, 2.45) is 0 Å². The van der Waals surface area contributed by atoms with E-state index < -0.39 is 0 Å². The minimum Gasteiger partial charge on any atom is -0.307 e. The molecule has 0 amide bonds. The maximum atomic E-state index is 12.9. The molecule has 1 saturated carbocycles. The standard InChI is InChI=1S/C18H19BrFN/c1-12(13-4-8-17(20)9-5-13)21-18-10-15(11-18)14-2-6-16(19)7-3-14/h2-9,12,15,18,21H,10-11H2,1H3/t12-,15?,18?/m0/s1. The van der Waals surface area contributed by atoms with Gasteiger partial charge in [-0.15, -0.1) is 0 Å². The molecule has 0 unspecified atom stereocenters. The Labute approximate surface area is 133 Å². The molecule has 0 aromatic heterocycles. The van der Waals surface area contributed by atoms with Crippen LogP contribution in [0.5, 0.6) is 0 Å². The molecule has 1 atom stereocenters. The maximum absolute atomic E-state index is 12.9. The maximum Gasteiger partial charge on any atom is 0.123 e. The van der Waals surface area contributed by atoms with Gasteiger partial charge in [-0.05, 0) is 61.1 Å². The molecule has 110 valence electrons. The lowest BCUT2D eigenvalue weighted by molar-refractivity contribution is 0.271. The molecule has 1 fully saturated rings. The third-order valence-electron chi connectivity index (χ3n) is 4.34. The molecule has 21 heavy (non-hydrogen) atoms. The van der Waals surface area contributed by atoms with Crippen molar-refractivity contribution in [3.8, 4) is 0 Å². The van der Waals surface area contributed by atoms with E-state index in [0.717, 1.165) is 10.0 Å². The van der Waals surface area contributed by atoms with Crippen molar-refractivity contribution in [3.05, 3.63) is 69.9 Å². The number of halogens is 2. The van der Waals surface area contributed by atoms with Crippen molar-refractivity contribution in [1.82, 2.24) is 5.32 Å². The van der Waals surface area contributed by atoms with Crippen LogP contribution < -0.4 is 5.32 Å². The third-order valence-corrected chi connectivity index (χ3v) is 4.86. The summed E-state index contributed by atoms with van der Waals surface area (Å²) in [5.41, 5.74) is 2.56. The number of hydrogen-bond acceptors (Lipinski definition) is 1. The van der Waals surface area contributed by atoms with Crippen LogP contribution in [0, 0.1) is 5.82 Å². The summed E-state index contributed by atoms with van der Waals surface area (Å²) in [6.07, 6.45) is 2.35. The van der Waals surface area contributed by atoms with E-state index in [0.29, 0.717) is 12.0 Å². The number of benzene rings is 2. The summed E-state index contributed by atoms with van der Waals surface area (Å²) in [5, 5.41) is 3.63. The van der Waals surface area contributed by atoms with Gasteiger partial charge < -0.3 is 5.32 Å². The average Bonchev–Trinajstić information content (AvgIpc) is 2.44. The van der Waals surface area contributed by atoms with E-state index in [1.54, 1.807) is 0 Å². The topological polar surface area (TPSA) is 12.0 Å². The fraction of sp³-hybridized carbons (Fsp3) is 0.333. The van der Waals surface area contributed by atoms with Crippen molar-refractivity contribution in [2.75, 3.05) is 0 Å². The van der Waals surface area contributed by atoms with Gasteiger partial charge in [0.25, 0.3) is 0 Å². The summed E-state index contributed by atoms with van der Waals surface area (Å²) in [6.45, 7) is 2.14. The van der Waals surface area contributed by atoms with Gasteiger partial charge in [-0.2, -0.15) is 0 Å². The zero-order valence-electron chi connectivity index (χ0n) is 12.0. The SMILES string of the molecule is C[C@H](NC1CC(c2ccc(Br)cc2)C1)c1ccc(F)cc1. The molecule has 2 aromatic rings. The molecule has 1 N–H and O–H groups in total. The summed E-state index contributed by atoms with van der Waals surface area (Å²) >= 11 is 3.47. The highest BCUT2D eigenvalue weighted by atomic mass is 79.9. The van der Waals surface area contributed by atoms with Crippen LogP contribution in [-0.2, 0) is 0 Å². The zero-order chi connectivity index (χ0) is 14.8. The molecule has 0 spiro atoms. The van der Waals surface area contributed by atoms with Gasteiger partial charge in [0.2, 0.25) is 0 Å². The predicted molar refractivity (Wildman–Crippen MR) is 87.9 cm³/mol. The first kappa shape index (κ1) is 14.7. The minimum atomic E-state index is -0.176. The van der Waals surface area contributed by atoms with Crippen molar-refractivity contribution in [3.63, 3.8) is 0 Å². The Kier molecular flexibility index (Phi) is 4.41. The highest BCUT2D eigenvalue weighted by Gasteiger charge is 2.30. The van der Waals surface area contributed by atoms with E-state index in [1.807, 2.05) is 12.1 Å². The normalized spacial score (nSPS) is 22.6. The third kappa shape index (κ3) is 3.53. The first-order valence-corrected chi connectivity index (χ1v) is 8.18. The lowest BCUT2D eigenvalue weighted by atomic mass is 9.75. The van der Waals surface area contributed by atoms with Crippen molar-refractivity contribution in [1.29, 1.82) is 0 Å². The molecule has 0 radical (unpaired) electrons. The molecule has 3 rings (SSSR count). The van der Waals surface area contributed by atoms with Crippen LogP contribution in [-0.4, -0.2) is 6.04 Å². The molecule has 0 saturated heterocycles. The fourth-order valence-corrected chi connectivity index (χ4v) is 3.23. The largest absolute Gasteiger partial charge is 0.307 e. The quantitative estimate of drug-likeness (QED) is 0.802. The Morgan fingerprint density at radius 1 is 1.05 bits per heavy atom.